The Morgan fingerprint density at radius 3 is 2.69 bits per heavy atom. The zero-order valence-electron chi connectivity index (χ0n) is 6.68. The average Bonchev–Trinajstić information content (AvgIpc) is 2.03. The van der Waals surface area contributed by atoms with Gasteiger partial charge in [0.2, 0.25) is 0 Å². The number of nitriles is 1. The first-order chi connectivity index (χ1) is 6.06. The maximum Gasteiger partial charge on any atom is 0.280 e. The Hall–Kier alpha value is -0.770. The lowest BCUT2D eigenvalue weighted by Gasteiger charge is -2.04. The Balaban J connectivity index is 3.33. The van der Waals surface area contributed by atoms with E-state index in [1.807, 2.05) is 22.6 Å². The third kappa shape index (κ3) is 2.12. The van der Waals surface area contributed by atoms with Crippen molar-refractivity contribution < 1.29 is 8.78 Å². The van der Waals surface area contributed by atoms with Crippen molar-refractivity contribution in [1.82, 2.24) is 4.98 Å². The van der Waals surface area contributed by atoms with Crippen LogP contribution in [0.3, 0.4) is 0 Å². The summed E-state index contributed by atoms with van der Waals surface area (Å²) >= 11 is 1.90. The number of alkyl halides is 2. The van der Waals surface area contributed by atoms with Crippen LogP contribution in [0.2, 0.25) is 0 Å². The lowest BCUT2D eigenvalue weighted by Crippen LogP contribution is -1.99. The van der Waals surface area contributed by atoms with Gasteiger partial charge in [0, 0.05) is 3.57 Å². The predicted octanol–water partition coefficient (Wildman–Crippen LogP) is 2.80. The number of rotatable bonds is 1. The van der Waals surface area contributed by atoms with E-state index in [0.29, 0.717) is 9.13 Å². The van der Waals surface area contributed by atoms with Crippen LogP contribution in [0.4, 0.5) is 8.78 Å². The van der Waals surface area contributed by atoms with Gasteiger partial charge in [0.05, 0.1) is 0 Å². The molecular weight excluding hydrogens is 289 g/mol. The molecule has 13 heavy (non-hydrogen) atoms. The van der Waals surface area contributed by atoms with E-state index in [1.165, 1.54) is 6.07 Å². The molecule has 1 aromatic rings. The van der Waals surface area contributed by atoms with Gasteiger partial charge in [-0.05, 0) is 41.1 Å². The topological polar surface area (TPSA) is 36.7 Å². The van der Waals surface area contributed by atoms with Crippen molar-refractivity contribution in [1.29, 1.82) is 5.26 Å². The molecule has 5 heteroatoms. The number of halogens is 3. The first-order valence-electron chi connectivity index (χ1n) is 3.41. The maximum absolute atomic E-state index is 12.3. The van der Waals surface area contributed by atoms with Crippen LogP contribution in [0, 0.1) is 21.8 Å². The SMILES string of the molecule is Cc1cc(I)c(C#N)nc1C(F)F. The van der Waals surface area contributed by atoms with Crippen LogP contribution in [0.5, 0.6) is 0 Å². The molecule has 0 spiro atoms. The quantitative estimate of drug-likeness (QED) is 0.747. The number of hydrogen-bond donors (Lipinski definition) is 0. The summed E-state index contributed by atoms with van der Waals surface area (Å²) < 4.78 is 25.2. The van der Waals surface area contributed by atoms with Gasteiger partial charge in [-0.15, -0.1) is 0 Å². The fraction of sp³-hybridized carbons (Fsp3) is 0.250. The normalized spacial score (nSPS) is 10.2. The Morgan fingerprint density at radius 1 is 1.62 bits per heavy atom. The lowest BCUT2D eigenvalue weighted by atomic mass is 10.2. The Morgan fingerprint density at radius 2 is 2.23 bits per heavy atom. The summed E-state index contributed by atoms with van der Waals surface area (Å²) in [6.07, 6.45) is -2.62. The minimum absolute atomic E-state index is 0.0569. The van der Waals surface area contributed by atoms with Gasteiger partial charge >= 0.3 is 0 Å². The maximum atomic E-state index is 12.3. The van der Waals surface area contributed by atoms with Gasteiger partial charge in [0.25, 0.3) is 6.43 Å². The standard InChI is InChI=1S/C8H5F2IN2/c1-4-2-5(11)6(3-12)13-7(4)8(9)10/h2,8H,1H3. The number of pyridine rings is 1. The third-order valence-electron chi connectivity index (χ3n) is 1.52. The van der Waals surface area contributed by atoms with Gasteiger partial charge in [-0.2, -0.15) is 5.26 Å². The molecule has 0 aliphatic carbocycles. The van der Waals surface area contributed by atoms with Crippen LogP contribution in [-0.4, -0.2) is 4.98 Å². The molecule has 0 radical (unpaired) electrons. The van der Waals surface area contributed by atoms with Gasteiger partial charge in [-0.25, -0.2) is 13.8 Å². The summed E-state index contributed by atoms with van der Waals surface area (Å²) in [5.41, 5.74) is 0.164. The van der Waals surface area contributed by atoms with Crippen LogP contribution in [0.1, 0.15) is 23.4 Å². The molecule has 0 saturated heterocycles. The first kappa shape index (κ1) is 10.3. The highest BCUT2D eigenvalue weighted by atomic mass is 127. The highest BCUT2D eigenvalue weighted by Gasteiger charge is 2.15. The van der Waals surface area contributed by atoms with Crippen molar-refractivity contribution in [2.45, 2.75) is 13.3 Å². The molecule has 1 heterocycles. The second-order valence-corrected chi connectivity index (χ2v) is 3.60. The summed E-state index contributed by atoms with van der Waals surface area (Å²) in [4.78, 5) is 3.57. The second-order valence-electron chi connectivity index (χ2n) is 2.43. The van der Waals surface area contributed by atoms with Gasteiger partial charge in [0.1, 0.15) is 11.8 Å². The Bertz CT molecular complexity index is 371. The zero-order chi connectivity index (χ0) is 10.0. The number of hydrogen-bond acceptors (Lipinski definition) is 2. The zero-order valence-corrected chi connectivity index (χ0v) is 8.84. The highest BCUT2D eigenvalue weighted by Crippen LogP contribution is 2.23. The molecular formula is C8H5F2IN2. The van der Waals surface area contributed by atoms with E-state index in [1.54, 1.807) is 13.0 Å². The molecule has 0 aliphatic heterocycles. The smallest absolute Gasteiger partial charge is 0.235 e. The van der Waals surface area contributed by atoms with Crippen molar-refractivity contribution in [3.63, 3.8) is 0 Å². The summed E-state index contributed by atoms with van der Waals surface area (Å²) in [6, 6.07) is 3.30. The van der Waals surface area contributed by atoms with Gasteiger partial charge < -0.3 is 0 Å². The largest absolute Gasteiger partial charge is 0.280 e. The van der Waals surface area contributed by atoms with Crippen LogP contribution in [-0.2, 0) is 0 Å². The molecule has 2 nitrogen and oxygen atoms in total. The van der Waals surface area contributed by atoms with Crippen molar-refractivity contribution in [2.24, 2.45) is 0 Å². The molecule has 0 unspecified atom stereocenters. The molecule has 0 saturated carbocycles. The van der Waals surface area contributed by atoms with E-state index in [2.05, 4.69) is 4.98 Å². The van der Waals surface area contributed by atoms with Crippen molar-refractivity contribution in [3.05, 3.63) is 26.6 Å². The molecule has 0 aromatic carbocycles. The monoisotopic (exact) mass is 294 g/mol. The molecule has 68 valence electrons. The molecule has 0 N–H and O–H groups in total. The average molecular weight is 294 g/mol. The van der Waals surface area contributed by atoms with E-state index in [-0.39, 0.29) is 11.4 Å². The van der Waals surface area contributed by atoms with E-state index in [9.17, 15) is 8.78 Å². The van der Waals surface area contributed by atoms with E-state index < -0.39 is 6.43 Å². The van der Waals surface area contributed by atoms with E-state index in [0.717, 1.165) is 0 Å². The van der Waals surface area contributed by atoms with Crippen LogP contribution in [0.25, 0.3) is 0 Å². The fourth-order valence-corrected chi connectivity index (χ4v) is 1.60. The fourth-order valence-electron chi connectivity index (χ4n) is 0.894. The van der Waals surface area contributed by atoms with Crippen LogP contribution >= 0.6 is 22.6 Å². The van der Waals surface area contributed by atoms with Crippen molar-refractivity contribution in [3.8, 4) is 6.07 Å². The first-order valence-corrected chi connectivity index (χ1v) is 4.49. The van der Waals surface area contributed by atoms with E-state index in [4.69, 9.17) is 5.26 Å². The number of aryl methyl sites for hydroxylation is 1. The van der Waals surface area contributed by atoms with Gasteiger partial charge in [-0.3, -0.25) is 0 Å². The minimum atomic E-state index is -2.62. The van der Waals surface area contributed by atoms with Crippen molar-refractivity contribution >= 4 is 22.6 Å². The Kier molecular flexibility index (Phi) is 3.14. The lowest BCUT2D eigenvalue weighted by molar-refractivity contribution is 0.145. The summed E-state index contributed by atoms with van der Waals surface area (Å²) in [7, 11) is 0. The molecule has 0 amide bonds. The second kappa shape index (κ2) is 3.96. The minimum Gasteiger partial charge on any atom is -0.235 e. The molecule has 0 fully saturated rings. The van der Waals surface area contributed by atoms with Crippen molar-refractivity contribution in [2.75, 3.05) is 0 Å². The van der Waals surface area contributed by atoms with E-state index >= 15 is 0 Å². The van der Waals surface area contributed by atoms with Crippen LogP contribution < -0.4 is 0 Å². The summed E-state index contributed by atoms with van der Waals surface area (Å²) in [5, 5.41) is 8.55. The summed E-state index contributed by atoms with van der Waals surface area (Å²) in [6.45, 7) is 1.55. The third-order valence-corrected chi connectivity index (χ3v) is 2.34. The molecule has 1 rings (SSSR count). The molecule has 0 bridgehead atoms. The van der Waals surface area contributed by atoms with Crippen LogP contribution in [0.15, 0.2) is 6.07 Å². The highest BCUT2D eigenvalue weighted by molar-refractivity contribution is 14.1. The molecule has 0 aliphatic rings. The number of nitrogens with zero attached hydrogens (tertiary/aromatic N) is 2. The van der Waals surface area contributed by atoms with Gasteiger partial charge in [-0.1, -0.05) is 0 Å². The summed E-state index contributed by atoms with van der Waals surface area (Å²) in [5.74, 6) is 0. The number of aromatic nitrogens is 1. The predicted molar refractivity (Wildman–Crippen MR) is 51.4 cm³/mol. The molecule has 0 atom stereocenters. The molecule has 1 aromatic heterocycles. The van der Waals surface area contributed by atoms with Gasteiger partial charge in [0.15, 0.2) is 5.69 Å². The Labute approximate surface area is 87.7 Å².